The monoisotopic (exact) mass is 244 g/mol. The van der Waals surface area contributed by atoms with Crippen molar-refractivity contribution in [3.63, 3.8) is 0 Å². The molecule has 0 unspecified atom stereocenters. The first kappa shape index (κ1) is 10.6. The first-order valence-corrected chi connectivity index (χ1v) is 7.07. The molecule has 4 heteroatoms. The maximum absolute atomic E-state index is 5.73. The first-order valence-electron chi connectivity index (χ1n) is 7.07. The third-order valence-electron chi connectivity index (χ3n) is 5.09. The lowest BCUT2D eigenvalue weighted by Crippen LogP contribution is -2.55. The van der Waals surface area contributed by atoms with Crippen LogP contribution in [0.2, 0.25) is 0 Å². The number of nitrogens with two attached hydrogens (primary N) is 1. The first-order chi connectivity index (χ1) is 8.71. The van der Waals surface area contributed by atoms with Crippen LogP contribution in [0.4, 0.5) is 11.8 Å². The van der Waals surface area contributed by atoms with Gasteiger partial charge in [0, 0.05) is 11.7 Å². The average molecular weight is 244 g/mol. The summed E-state index contributed by atoms with van der Waals surface area (Å²) in [5.74, 6) is 4.08. The molecule has 4 bridgehead atoms. The Kier molecular flexibility index (Phi) is 2.11. The van der Waals surface area contributed by atoms with E-state index in [4.69, 9.17) is 5.73 Å². The molecule has 0 saturated heterocycles. The van der Waals surface area contributed by atoms with Gasteiger partial charge in [0.15, 0.2) is 0 Å². The summed E-state index contributed by atoms with van der Waals surface area (Å²) in [5, 5.41) is 3.63. The molecule has 4 nitrogen and oxygen atoms in total. The van der Waals surface area contributed by atoms with Crippen LogP contribution in [0.5, 0.6) is 0 Å². The zero-order valence-electron chi connectivity index (χ0n) is 10.6. The van der Waals surface area contributed by atoms with E-state index < -0.39 is 0 Å². The van der Waals surface area contributed by atoms with Gasteiger partial charge in [-0.25, -0.2) is 4.98 Å². The van der Waals surface area contributed by atoms with E-state index in [0.717, 1.165) is 23.7 Å². The number of hydrogen-bond donors (Lipinski definition) is 2. The van der Waals surface area contributed by atoms with Gasteiger partial charge in [-0.15, -0.1) is 0 Å². The molecule has 3 N–H and O–H groups in total. The Hall–Kier alpha value is -1.32. The van der Waals surface area contributed by atoms with Crippen LogP contribution >= 0.6 is 0 Å². The van der Waals surface area contributed by atoms with Crippen LogP contribution in [0.3, 0.4) is 0 Å². The Morgan fingerprint density at radius 3 is 2.28 bits per heavy atom. The summed E-state index contributed by atoms with van der Waals surface area (Å²) in [6, 6.07) is 1.74. The van der Waals surface area contributed by atoms with Gasteiger partial charge in [0.2, 0.25) is 5.95 Å². The van der Waals surface area contributed by atoms with E-state index in [1.807, 2.05) is 0 Å². The highest BCUT2D eigenvalue weighted by atomic mass is 15.2. The minimum atomic E-state index is 0.266. The molecule has 0 spiro atoms. The molecule has 0 radical (unpaired) electrons. The molecule has 0 atom stereocenters. The molecule has 1 aromatic heterocycles. The summed E-state index contributed by atoms with van der Waals surface area (Å²) in [6.07, 6.45) is 10.0. The van der Waals surface area contributed by atoms with Crippen molar-refractivity contribution in [3.8, 4) is 0 Å². The summed E-state index contributed by atoms with van der Waals surface area (Å²) < 4.78 is 0. The van der Waals surface area contributed by atoms with Crippen molar-refractivity contribution in [2.75, 3.05) is 11.1 Å². The zero-order chi connectivity index (χ0) is 12.2. The molecule has 1 heterocycles. The second-order valence-corrected chi connectivity index (χ2v) is 6.63. The normalized spacial score (nSPS) is 41.0. The van der Waals surface area contributed by atoms with Gasteiger partial charge >= 0.3 is 0 Å². The Morgan fingerprint density at radius 2 is 1.72 bits per heavy atom. The molecule has 4 aliphatic rings. The summed E-state index contributed by atoms with van der Waals surface area (Å²) in [6.45, 7) is 0. The topological polar surface area (TPSA) is 63.8 Å². The Balaban J connectivity index is 1.60. The Bertz CT molecular complexity index is 435. The van der Waals surface area contributed by atoms with E-state index in [1.54, 1.807) is 12.3 Å². The molecule has 0 amide bonds. The predicted molar refractivity (Wildman–Crippen MR) is 71.0 cm³/mol. The van der Waals surface area contributed by atoms with E-state index in [0.29, 0.717) is 5.82 Å². The standard InChI is InChI=1S/C14H20N4/c15-12-1-2-16-13(17-12)18-14-6-9-3-10(7-14)5-11(4-9)8-14/h1-2,9-11H,3-8H2,(H3,15,16,17,18). The lowest BCUT2D eigenvalue weighted by Gasteiger charge is -2.56. The van der Waals surface area contributed by atoms with E-state index >= 15 is 0 Å². The fourth-order valence-corrected chi connectivity index (χ4v) is 4.93. The number of nitrogens with zero attached hydrogens (tertiary/aromatic N) is 2. The van der Waals surface area contributed by atoms with Crippen molar-refractivity contribution < 1.29 is 0 Å². The van der Waals surface area contributed by atoms with Crippen LogP contribution in [0.15, 0.2) is 12.3 Å². The second kappa shape index (κ2) is 3.59. The van der Waals surface area contributed by atoms with Gasteiger partial charge < -0.3 is 11.1 Å². The van der Waals surface area contributed by atoms with Crippen LogP contribution in [0.25, 0.3) is 0 Å². The maximum atomic E-state index is 5.73. The second-order valence-electron chi connectivity index (χ2n) is 6.63. The van der Waals surface area contributed by atoms with Crippen molar-refractivity contribution >= 4 is 11.8 Å². The number of nitrogen functional groups attached to an aromatic ring is 1. The quantitative estimate of drug-likeness (QED) is 0.838. The highest BCUT2D eigenvalue weighted by molar-refractivity contribution is 5.38. The SMILES string of the molecule is Nc1ccnc(NC23CC4CC(CC(C4)C2)C3)n1. The van der Waals surface area contributed by atoms with Crippen molar-refractivity contribution in [1.82, 2.24) is 9.97 Å². The molecule has 4 fully saturated rings. The van der Waals surface area contributed by atoms with Gasteiger partial charge in [-0.1, -0.05) is 0 Å². The average Bonchev–Trinajstić information content (AvgIpc) is 2.25. The summed E-state index contributed by atoms with van der Waals surface area (Å²) in [5.41, 5.74) is 6.00. The van der Waals surface area contributed by atoms with E-state index in [9.17, 15) is 0 Å². The molecule has 0 aliphatic heterocycles. The van der Waals surface area contributed by atoms with Gasteiger partial charge in [-0.3, -0.25) is 0 Å². The Labute approximate surface area is 107 Å². The molecule has 1 aromatic rings. The van der Waals surface area contributed by atoms with Crippen LogP contribution in [-0.4, -0.2) is 15.5 Å². The third kappa shape index (κ3) is 1.66. The molecule has 18 heavy (non-hydrogen) atoms. The summed E-state index contributed by atoms with van der Waals surface area (Å²) in [4.78, 5) is 8.62. The van der Waals surface area contributed by atoms with Gasteiger partial charge in [0.25, 0.3) is 0 Å². The van der Waals surface area contributed by atoms with Crippen molar-refractivity contribution in [1.29, 1.82) is 0 Å². The largest absolute Gasteiger partial charge is 0.384 e. The van der Waals surface area contributed by atoms with Crippen LogP contribution in [0, 0.1) is 17.8 Å². The lowest BCUT2D eigenvalue weighted by molar-refractivity contribution is 0.0104. The number of aromatic nitrogens is 2. The van der Waals surface area contributed by atoms with Gasteiger partial charge in [0.05, 0.1) is 0 Å². The molecule has 5 rings (SSSR count). The number of anilines is 2. The van der Waals surface area contributed by atoms with E-state index in [-0.39, 0.29) is 5.54 Å². The van der Waals surface area contributed by atoms with Gasteiger partial charge in [-0.2, -0.15) is 4.98 Å². The smallest absolute Gasteiger partial charge is 0.225 e. The predicted octanol–water partition coefficient (Wildman–Crippen LogP) is 2.44. The van der Waals surface area contributed by atoms with Crippen LogP contribution in [0.1, 0.15) is 38.5 Å². The minimum absolute atomic E-state index is 0.266. The van der Waals surface area contributed by atoms with Crippen molar-refractivity contribution in [2.45, 2.75) is 44.1 Å². The molecular weight excluding hydrogens is 224 g/mol. The number of rotatable bonds is 2. The third-order valence-corrected chi connectivity index (χ3v) is 5.09. The van der Waals surface area contributed by atoms with Crippen molar-refractivity contribution in [3.05, 3.63) is 12.3 Å². The van der Waals surface area contributed by atoms with Crippen LogP contribution < -0.4 is 11.1 Å². The Morgan fingerprint density at radius 1 is 1.11 bits per heavy atom. The number of nitrogens with one attached hydrogen (secondary N) is 1. The fourth-order valence-electron chi connectivity index (χ4n) is 4.93. The zero-order valence-corrected chi connectivity index (χ0v) is 10.6. The molecule has 96 valence electrons. The molecule has 0 aromatic carbocycles. The highest BCUT2D eigenvalue weighted by Gasteiger charge is 2.51. The van der Waals surface area contributed by atoms with Gasteiger partial charge in [0.1, 0.15) is 5.82 Å². The van der Waals surface area contributed by atoms with Gasteiger partial charge in [-0.05, 0) is 62.3 Å². The number of hydrogen-bond acceptors (Lipinski definition) is 4. The summed E-state index contributed by atoms with van der Waals surface area (Å²) in [7, 11) is 0. The molecular formula is C14H20N4. The van der Waals surface area contributed by atoms with Crippen LogP contribution in [-0.2, 0) is 0 Å². The van der Waals surface area contributed by atoms with E-state index in [2.05, 4.69) is 15.3 Å². The molecule has 4 saturated carbocycles. The minimum Gasteiger partial charge on any atom is -0.384 e. The fraction of sp³-hybridized carbons (Fsp3) is 0.714. The lowest BCUT2D eigenvalue weighted by atomic mass is 9.53. The van der Waals surface area contributed by atoms with E-state index in [1.165, 1.54) is 38.5 Å². The highest BCUT2D eigenvalue weighted by Crippen LogP contribution is 2.56. The molecule has 4 aliphatic carbocycles. The summed E-state index contributed by atoms with van der Waals surface area (Å²) >= 11 is 0. The van der Waals surface area contributed by atoms with Crippen molar-refractivity contribution in [2.24, 2.45) is 17.8 Å². The maximum Gasteiger partial charge on any atom is 0.225 e.